The standard InChI is InChI=1S/C18H25NO3S2/c1-13-7-8-15(11-17(13)22-14(2)20)12-19-18(21)6-4-3-5-16-9-10-23-24-16/h7-8,11,16H,3-6,9-10,12H2,1-2H3,(H,19,21)/t16-/m1/s1. The fourth-order valence-electron chi connectivity index (χ4n) is 2.53. The normalized spacial score (nSPS) is 16.8. The van der Waals surface area contributed by atoms with Crippen LogP contribution in [0.2, 0.25) is 0 Å². The monoisotopic (exact) mass is 367 g/mol. The number of nitrogens with one attached hydrogen (secondary N) is 1. The Kier molecular flexibility index (Phi) is 7.99. The molecule has 132 valence electrons. The molecule has 1 aromatic rings. The van der Waals surface area contributed by atoms with Crippen molar-refractivity contribution in [2.75, 3.05) is 5.75 Å². The SMILES string of the molecule is CC(=O)Oc1cc(CNC(=O)CCCC[C@@H]2CCSS2)ccc1C. The largest absolute Gasteiger partial charge is 0.426 e. The first kappa shape index (κ1) is 19.2. The van der Waals surface area contributed by atoms with Gasteiger partial charge in [-0.3, -0.25) is 9.59 Å². The van der Waals surface area contributed by atoms with Crippen LogP contribution < -0.4 is 10.1 Å². The van der Waals surface area contributed by atoms with Gasteiger partial charge in [-0.25, -0.2) is 0 Å². The second kappa shape index (κ2) is 9.99. The molecule has 1 amide bonds. The number of aryl methyl sites for hydroxylation is 1. The zero-order chi connectivity index (χ0) is 17.4. The molecule has 0 aliphatic carbocycles. The zero-order valence-electron chi connectivity index (χ0n) is 14.3. The number of rotatable bonds is 8. The summed E-state index contributed by atoms with van der Waals surface area (Å²) in [6.07, 6.45) is 5.16. The van der Waals surface area contributed by atoms with Crippen LogP contribution in [0.1, 0.15) is 50.2 Å². The molecule has 1 aromatic carbocycles. The molecule has 1 atom stereocenters. The molecule has 0 bridgehead atoms. The number of benzene rings is 1. The predicted octanol–water partition coefficient (Wildman–Crippen LogP) is 4.25. The van der Waals surface area contributed by atoms with E-state index in [1.807, 2.05) is 46.7 Å². The topological polar surface area (TPSA) is 55.4 Å². The number of unbranched alkanes of at least 4 members (excludes halogenated alkanes) is 1. The first-order valence-electron chi connectivity index (χ1n) is 8.37. The smallest absolute Gasteiger partial charge is 0.308 e. The highest BCUT2D eigenvalue weighted by atomic mass is 33.1. The average Bonchev–Trinajstić information content (AvgIpc) is 3.05. The number of ether oxygens (including phenoxy) is 1. The summed E-state index contributed by atoms with van der Waals surface area (Å²) in [5.41, 5.74) is 1.84. The molecule has 6 heteroatoms. The van der Waals surface area contributed by atoms with E-state index < -0.39 is 0 Å². The molecule has 1 fully saturated rings. The van der Waals surface area contributed by atoms with Crippen molar-refractivity contribution in [2.45, 2.75) is 57.7 Å². The molecule has 24 heavy (non-hydrogen) atoms. The van der Waals surface area contributed by atoms with Crippen LogP contribution in [0.25, 0.3) is 0 Å². The fourth-order valence-corrected chi connectivity index (χ4v) is 5.56. The van der Waals surface area contributed by atoms with E-state index in [9.17, 15) is 9.59 Å². The van der Waals surface area contributed by atoms with Gasteiger partial charge in [-0.2, -0.15) is 0 Å². The number of carbonyl (C=O) groups is 2. The third-order valence-corrected chi connectivity index (χ3v) is 6.91. The van der Waals surface area contributed by atoms with Gasteiger partial charge in [0.2, 0.25) is 5.91 Å². The van der Waals surface area contributed by atoms with E-state index in [1.54, 1.807) is 0 Å². The Hall–Kier alpha value is -1.14. The minimum absolute atomic E-state index is 0.0815. The summed E-state index contributed by atoms with van der Waals surface area (Å²) in [6.45, 7) is 3.74. The van der Waals surface area contributed by atoms with Crippen LogP contribution >= 0.6 is 21.6 Å². The summed E-state index contributed by atoms with van der Waals surface area (Å²) in [6, 6.07) is 5.65. The van der Waals surface area contributed by atoms with Gasteiger partial charge in [0, 0.05) is 30.9 Å². The van der Waals surface area contributed by atoms with Gasteiger partial charge < -0.3 is 10.1 Å². The number of esters is 1. The average molecular weight is 368 g/mol. The highest BCUT2D eigenvalue weighted by Gasteiger charge is 2.15. The summed E-state index contributed by atoms with van der Waals surface area (Å²) >= 11 is 0. The molecule has 1 N–H and O–H groups in total. The maximum atomic E-state index is 11.9. The van der Waals surface area contributed by atoms with Gasteiger partial charge in [0.15, 0.2) is 0 Å². The van der Waals surface area contributed by atoms with Crippen molar-refractivity contribution >= 4 is 33.5 Å². The fraction of sp³-hybridized carbons (Fsp3) is 0.556. The Morgan fingerprint density at radius 3 is 2.88 bits per heavy atom. The first-order valence-corrected chi connectivity index (χ1v) is 10.8. The van der Waals surface area contributed by atoms with E-state index in [4.69, 9.17) is 4.74 Å². The predicted molar refractivity (Wildman–Crippen MR) is 101 cm³/mol. The van der Waals surface area contributed by atoms with E-state index >= 15 is 0 Å². The molecule has 0 unspecified atom stereocenters. The van der Waals surface area contributed by atoms with Crippen LogP contribution in [0.15, 0.2) is 18.2 Å². The Bertz CT molecular complexity index is 571. The number of hydrogen-bond donors (Lipinski definition) is 1. The Balaban J connectivity index is 1.68. The van der Waals surface area contributed by atoms with Gasteiger partial charge in [0.25, 0.3) is 0 Å². The van der Waals surface area contributed by atoms with Crippen LogP contribution in [0.4, 0.5) is 0 Å². The van der Waals surface area contributed by atoms with Crippen LogP contribution in [0.5, 0.6) is 5.75 Å². The molecule has 1 aliphatic heterocycles. The Labute approximate surface area is 151 Å². The van der Waals surface area contributed by atoms with Gasteiger partial charge in [-0.1, -0.05) is 40.1 Å². The molecule has 0 saturated carbocycles. The lowest BCUT2D eigenvalue weighted by Gasteiger charge is -2.10. The molecule has 2 rings (SSSR count). The molecular weight excluding hydrogens is 342 g/mol. The molecule has 1 aliphatic rings. The van der Waals surface area contributed by atoms with E-state index in [0.717, 1.165) is 29.2 Å². The first-order chi connectivity index (χ1) is 11.5. The lowest BCUT2D eigenvalue weighted by atomic mass is 10.1. The second-order valence-corrected chi connectivity index (χ2v) is 8.83. The van der Waals surface area contributed by atoms with Gasteiger partial charge in [0.05, 0.1) is 0 Å². The highest BCUT2D eigenvalue weighted by Crippen LogP contribution is 2.39. The molecule has 0 spiro atoms. The van der Waals surface area contributed by atoms with Crippen molar-refractivity contribution < 1.29 is 14.3 Å². The number of hydrogen-bond acceptors (Lipinski definition) is 5. The van der Waals surface area contributed by atoms with Gasteiger partial charge in [-0.05, 0) is 43.4 Å². The third kappa shape index (κ3) is 6.77. The molecule has 1 saturated heterocycles. The molecule has 0 radical (unpaired) electrons. The maximum absolute atomic E-state index is 11.9. The van der Waals surface area contributed by atoms with Gasteiger partial charge in [-0.15, -0.1) is 0 Å². The van der Waals surface area contributed by atoms with Crippen LogP contribution in [0.3, 0.4) is 0 Å². The summed E-state index contributed by atoms with van der Waals surface area (Å²) in [4.78, 5) is 23.0. The summed E-state index contributed by atoms with van der Waals surface area (Å²) < 4.78 is 5.17. The van der Waals surface area contributed by atoms with Crippen molar-refractivity contribution in [1.29, 1.82) is 0 Å². The van der Waals surface area contributed by atoms with Crippen molar-refractivity contribution in [3.8, 4) is 5.75 Å². The van der Waals surface area contributed by atoms with Crippen LogP contribution in [-0.4, -0.2) is 22.9 Å². The van der Waals surface area contributed by atoms with Crippen molar-refractivity contribution in [1.82, 2.24) is 5.32 Å². The maximum Gasteiger partial charge on any atom is 0.308 e. The summed E-state index contributed by atoms with van der Waals surface area (Å²) in [5.74, 6) is 1.57. The van der Waals surface area contributed by atoms with E-state index in [2.05, 4.69) is 5.32 Å². The molecule has 1 heterocycles. The third-order valence-electron chi connectivity index (χ3n) is 3.90. The Morgan fingerprint density at radius 2 is 2.17 bits per heavy atom. The lowest BCUT2D eigenvalue weighted by Crippen LogP contribution is -2.22. The van der Waals surface area contributed by atoms with Crippen molar-refractivity contribution in [3.05, 3.63) is 29.3 Å². The lowest BCUT2D eigenvalue weighted by molar-refractivity contribution is -0.132. The van der Waals surface area contributed by atoms with E-state index in [0.29, 0.717) is 18.7 Å². The second-order valence-electron chi connectivity index (χ2n) is 6.04. The number of carbonyl (C=O) groups excluding carboxylic acids is 2. The molecule has 4 nitrogen and oxygen atoms in total. The van der Waals surface area contributed by atoms with Crippen molar-refractivity contribution in [3.63, 3.8) is 0 Å². The minimum Gasteiger partial charge on any atom is -0.426 e. The quantitative estimate of drug-likeness (QED) is 0.322. The van der Waals surface area contributed by atoms with E-state index in [1.165, 1.54) is 25.5 Å². The zero-order valence-corrected chi connectivity index (χ0v) is 15.9. The van der Waals surface area contributed by atoms with Gasteiger partial charge >= 0.3 is 5.97 Å². The molecular formula is C18H25NO3S2. The van der Waals surface area contributed by atoms with Gasteiger partial charge in [0.1, 0.15) is 5.75 Å². The van der Waals surface area contributed by atoms with E-state index in [-0.39, 0.29) is 11.9 Å². The summed E-state index contributed by atoms with van der Waals surface area (Å²) in [7, 11) is 3.96. The number of amides is 1. The Morgan fingerprint density at radius 1 is 1.33 bits per heavy atom. The summed E-state index contributed by atoms with van der Waals surface area (Å²) in [5, 5.41) is 3.72. The minimum atomic E-state index is -0.335. The highest BCUT2D eigenvalue weighted by molar-refractivity contribution is 8.77. The van der Waals surface area contributed by atoms with Crippen LogP contribution in [-0.2, 0) is 16.1 Å². The van der Waals surface area contributed by atoms with Crippen LogP contribution in [0, 0.1) is 6.92 Å². The molecule has 0 aromatic heterocycles. The van der Waals surface area contributed by atoms with Crippen molar-refractivity contribution in [2.24, 2.45) is 0 Å².